The number of hydrogen-bond donors (Lipinski definition) is 0. The molecule has 0 aliphatic heterocycles. The fraction of sp³-hybridized carbons (Fsp3) is 0.217. The van der Waals surface area contributed by atoms with E-state index in [-0.39, 0.29) is 0 Å². The topological polar surface area (TPSA) is 0 Å². The molecule has 0 spiro atoms. The first-order valence-electron chi connectivity index (χ1n) is 17.9. The van der Waals surface area contributed by atoms with Gasteiger partial charge in [0.05, 0.1) is 0 Å². The van der Waals surface area contributed by atoms with E-state index in [9.17, 15) is 0 Å². The van der Waals surface area contributed by atoms with Crippen molar-refractivity contribution in [1.29, 1.82) is 0 Å². The Hall–Kier alpha value is -3.64. The Balaban J connectivity index is 1.05. The zero-order chi connectivity index (χ0) is 32.0. The predicted molar refractivity (Wildman–Crippen MR) is 215 cm³/mol. The van der Waals surface area contributed by atoms with Crippen LogP contribution in [0.3, 0.4) is 0 Å². The van der Waals surface area contributed by atoms with E-state index in [1.54, 1.807) is 4.26 Å². The van der Waals surface area contributed by atoms with Crippen LogP contribution in [-0.4, -0.2) is 29.0 Å². The molecule has 0 atom stereocenters. The van der Waals surface area contributed by atoms with Gasteiger partial charge in [0.1, 0.15) is 0 Å². The monoisotopic (exact) mass is 752 g/mol. The van der Waals surface area contributed by atoms with Crippen LogP contribution in [0.2, 0.25) is 0 Å². The number of rotatable bonds is 10. The molecule has 0 aliphatic carbocycles. The van der Waals surface area contributed by atoms with E-state index in [4.69, 9.17) is 0 Å². The molecule has 0 unspecified atom stereocenters. The summed E-state index contributed by atoms with van der Waals surface area (Å²) in [5, 5.41) is 14.1. The summed E-state index contributed by atoms with van der Waals surface area (Å²) in [4.78, 5) is 0. The summed E-state index contributed by atoms with van der Waals surface area (Å²) in [5.74, 6) is 0. The van der Waals surface area contributed by atoms with Crippen molar-refractivity contribution < 1.29 is 0 Å². The molecular formula is C46H40Se2. The first-order chi connectivity index (χ1) is 23.7. The second kappa shape index (κ2) is 13.0. The van der Waals surface area contributed by atoms with Gasteiger partial charge in [0.15, 0.2) is 0 Å². The molecule has 236 valence electrons. The van der Waals surface area contributed by atoms with Crippen molar-refractivity contribution in [3.05, 3.63) is 121 Å². The summed E-state index contributed by atoms with van der Waals surface area (Å²) in [6.07, 6.45) is 12.2. The fourth-order valence-electron chi connectivity index (χ4n) is 7.76. The van der Waals surface area contributed by atoms with Gasteiger partial charge in [-0.2, -0.15) is 0 Å². The maximum absolute atomic E-state index is 2.52. The zero-order valence-electron chi connectivity index (χ0n) is 27.7. The zero-order valence-corrected chi connectivity index (χ0v) is 31.1. The third-order valence-corrected chi connectivity index (χ3v) is 15.1. The maximum atomic E-state index is 2.52. The van der Waals surface area contributed by atoms with Crippen LogP contribution in [0.5, 0.6) is 0 Å². The normalized spacial score (nSPS) is 12.2. The molecule has 2 aromatic heterocycles. The van der Waals surface area contributed by atoms with Crippen LogP contribution in [0.25, 0.3) is 82.0 Å². The molecule has 0 nitrogen and oxygen atoms in total. The van der Waals surface area contributed by atoms with E-state index in [1.807, 2.05) is 0 Å². The minimum atomic E-state index is 0.327. The van der Waals surface area contributed by atoms with E-state index >= 15 is 0 Å². The van der Waals surface area contributed by atoms with Crippen LogP contribution < -0.4 is 0 Å². The molecule has 0 fully saturated rings. The summed E-state index contributed by atoms with van der Waals surface area (Å²) >= 11 is 0.668. The second-order valence-corrected chi connectivity index (χ2v) is 18.3. The van der Waals surface area contributed by atoms with Gasteiger partial charge in [0, 0.05) is 0 Å². The van der Waals surface area contributed by atoms with Crippen molar-refractivity contribution in [3.8, 4) is 11.1 Å². The minimum absolute atomic E-state index is 0.327. The number of fused-ring (bicyclic) bond motifs is 9. The standard InChI is InChI=1S/C46H40Se2/c1-2-3-4-5-6-7-8-10-13-30-16-17-33-26-43-39(22-35(33)20-30)41-24-37-29-46-42(25-38(37)28-45(41)47-43)40-23-36-21-32(31-14-11-9-12-15-31)18-19-34(36)27-44(40)48-46/h9,11-12,14-29H,2-8,10,13H2,1H3. The summed E-state index contributed by atoms with van der Waals surface area (Å²) in [5.41, 5.74) is 4.06. The van der Waals surface area contributed by atoms with E-state index in [0.29, 0.717) is 29.0 Å². The quantitative estimate of drug-likeness (QED) is 0.0965. The third kappa shape index (κ3) is 5.74. The van der Waals surface area contributed by atoms with Gasteiger partial charge in [-0.3, -0.25) is 0 Å². The average molecular weight is 751 g/mol. The van der Waals surface area contributed by atoms with Crippen LogP contribution in [0.15, 0.2) is 115 Å². The summed E-state index contributed by atoms with van der Waals surface area (Å²) in [6.45, 7) is 2.30. The summed E-state index contributed by atoms with van der Waals surface area (Å²) < 4.78 is 6.12. The van der Waals surface area contributed by atoms with Crippen LogP contribution in [-0.2, 0) is 6.42 Å². The Morgan fingerprint density at radius 1 is 0.375 bits per heavy atom. The number of aryl methyl sites for hydroxylation is 1. The summed E-state index contributed by atoms with van der Waals surface area (Å²) in [6, 6.07) is 44.9. The molecule has 7 aromatic carbocycles. The van der Waals surface area contributed by atoms with Gasteiger partial charge in [-0.1, -0.05) is 26.2 Å². The molecule has 2 heterocycles. The average Bonchev–Trinajstić information content (AvgIpc) is 3.64. The molecule has 0 radical (unpaired) electrons. The molecule has 9 aromatic rings. The third-order valence-electron chi connectivity index (χ3n) is 10.4. The Bertz CT molecular complexity index is 2600. The van der Waals surface area contributed by atoms with Gasteiger partial charge in [-0.15, -0.1) is 0 Å². The number of unbranched alkanes of at least 4 members (excludes halogenated alkanes) is 7. The SMILES string of the molecule is CCCCCCCCCCc1ccc2cc3[se]c4cc5cc6c(cc5cc4c3cc2c1)[se]c1cc2ccc(-c3ccccc3)cc2cc16. The van der Waals surface area contributed by atoms with Gasteiger partial charge in [0.25, 0.3) is 0 Å². The Labute approximate surface area is 294 Å². The Morgan fingerprint density at radius 2 is 0.854 bits per heavy atom. The first kappa shape index (κ1) is 30.4. The molecule has 0 saturated heterocycles. The van der Waals surface area contributed by atoms with Crippen molar-refractivity contribution in [2.24, 2.45) is 0 Å². The second-order valence-electron chi connectivity index (χ2n) is 13.8. The van der Waals surface area contributed by atoms with Crippen LogP contribution >= 0.6 is 0 Å². The molecule has 0 saturated carbocycles. The molecule has 0 N–H and O–H groups in total. The van der Waals surface area contributed by atoms with Gasteiger partial charge in [0.2, 0.25) is 0 Å². The van der Waals surface area contributed by atoms with Gasteiger partial charge in [-0.05, 0) is 0 Å². The van der Waals surface area contributed by atoms with Crippen molar-refractivity contribution in [2.75, 3.05) is 0 Å². The van der Waals surface area contributed by atoms with E-state index in [2.05, 4.69) is 122 Å². The summed E-state index contributed by atoms with van der Waals surface area (Å²) in [7, 11) is 0. The van der Waals surface area contributed by atoms with Crippen molar-refractivity contribution in [3.63, 3.8) is 0 Å². The fourth-order valence-corrected chi connectivity index (χ4v) is 12.7. The van der Waals surface area contributed by atoms with Crippen molar-refractivity contribution in [2.45, 2.75) is 64.7 Å². The van der Waals surface area contributed by atoms with Crippen molar-refractivity contribution in [1.82, 2.24) is 0 Å². The molecule has 2 heteroatoms. The molecule has 0 aliphatic rings. The van der Waals surface area contributed by atoms with E-state index in [0.717, 1.165) is 0 Å². The van der Waals surface area contributed by atoms with Crippen LogP contribution in [0.1, 0.15) is 63.9 Å². The molecule has 48 heavy (non-hydrogen) atoms. The van der Waals surface area contributed by atoms with Crippen LogP contribution in [0.4, 0.5) is 0 Å². The van der Waals surface area contributed by atoms with Crippen molar-refractivity contribution >= 4 is 99.9 Å². The molecule has 0 bridgehead atoms. The first-order valence-corrected chi connectivity index (χ1v) is 21.3. The number of hydrogen-bond acceptors (Lipinski definition) is 0. The number of benzene rings is 7. The molecule has 0 amide bonds. The van der Waals surface area contributed by atoms with Gasteiger partial charge < -0.3 is 0 Å². The Kier molecular flexibility index (Phi) is 8.24. The van der Waals surface area contributed by atoms with Crippen LogP contribution in [0, 0.1) is 0 Å². The van der Waals surface area contributed by atoms with E-state index in [1.165, 1.54) is 141 Å². The molecular weight excluding hydrogens is 710 g/mol. The van der Waals surface area contributed by atoms with Gasteiger partial charge in [-0.25, -0.2) is 0 Å². The predicted octanol–water partition coefficient (Wildman–Crippen LogP) is 13.2. The Morgan fingerprint density at radius 3 is 1.44 bits per heavy atom. The molecule has 9 rings (SSSR count). The van der Waals surface area contributed by atoms with E-state index < -0.39 is 0 Å². The van der Waals surface area contributed by atoms with Gasteiger partial charge >= 0.3 is 270 Å².